The van der Waals surface area contributed by atoms with Crippen LogP contribution in [-0.2, 0) is 16.1 Å². The van der Waals surface area contributed by atoms with Gasteiger partial charge in [-0.3, -0.25) is 4.79 Å². The summed E-state index contributed by atoms with van der Waals surface area (Å²) in [5.74, 6) is -0.346. The molecular formula is C16H12ClNO3. The van der Waals surface area contributed by atoms with E-state index in [1.807, 2.05) is 6.07 Å². The number of imide groups is 1. The van der Waals surface area contributed by atoms with Crippen LogP contribution in [0.15, 0.2) is 54.6 Å². The van der Waals surface area contributed by atoms with Gasteiger partial charge in [0.2, 0.25) is 6.10 Å². The van der Waals surface area contributed by atoms with Gasteiger partial charge in [-0.2, -0.15) is 0 Å². The van der Waals surface area contributed by atoms with Crippen LogP contribution in [0.4, 0.5) is 4.79 Å². The molecule has 3 rings (SSSR count). The number of benzene rings is 2. The molecule has 0 N–H and O–H groups in total. The van der Waals surface area contributed by atoms with E-state index in [1.54, 1.807) is 48.5 Å². The molecule has 1 atom stereocenters. The number of nitrogens with zero attached hydrogens (tertiary/aromatic N) is 1. The molecule has 1 aliphatic rings. The van der Waals surface area contributed by atoms with Crippen molar-refractivity contribution in [3.05, 3.63) is 70.7 Å². The molecule has 1 aliphatic heterocycles. The molecule has 4 nitrogen and oxygen atoms in total. The number of hydrogen-bond donors (Lipinski definition) is 0. The molecule has 0 aliphatic carbocycles. The average molecular weight is 302 g/mol. The molecule has 2 aromatic carbocycles. The van der Waals surface area contributed by atoms with Crippen LogP contribution in [0.2, 0.25) is 5.02 Å². The van der Waals surface area contributed by atoms with Gasteiger partial charge in [-0.15, -0.1) is 0 Å². The Morgan fingerprint density at radius 1 is 1.00 bits per heavy atom. The summed E-state index contributed by atoms with van der Waals surface area (Å²) in [5.41, 5.74) is 1.49. The molecule has 0 bridgehead atoms. The second-order valence-electron chi connectivity index (χ2n) is 4.73. The highest BCUT2D eigenvalue weighted by atomic mass is 35.5. The first-order chi connectivity index (χ1) is 10.1. The third-order valence-corrected chi connectivity index (χ3v) is 3.54. The molecule has 0 radical (unpaired) electrons. The predicted molar refractivity (Wildman–Crippen MR) is 77.7 cm³/mol. The minimum atomic E-state index is -0.856. The SMILES string of the molecule is O=C1O[C@@H](c2ccccc2)C(=O)N1Cc1ccc(Cl)cc1. The average Bonchev–Trinajstić information content (AvgIpc) is 2.78. The maximum absolute atomic E-state index is 12.3. The molecule has 1 saturated heterocycles. The van der Waals surface area contributed by atoms with Gasteiger partial charge in [-0.05, 0) is 17.7 Å². The fraction of sp³-hybridized carbons (Fsp3) is 0.125. The van der Waals surface area contributed by atoms with Crippen molar-refractivity contribution in [3.8, 4) is 0 Å². The molecule has 1 fully saturated rings. The highest BCUT2D eigenvalue weighted by Gasteiger charge is 2.41. The van der Waals surface area contributed by atoms with Gasteiger partial charge >= 0.3 is 6.09 Å². The molecule has 106 valence electrons. The maximum atomic E-state index is 12.3. The highest BCUT2D eigenvalue weighted by Crippen LogP contribution is 2.28. The molecule has 0 spiro atoms. The Labute approximate surface area is 126 Å². The minimum absolute atomic E-state index is 0.179. The second-order valence-corrected chi connectivity index (χ2v) is 5.16. The largest absolute Gasteiger partial charge is 0.431 e. The number of cyclic esters (lactones) is 1. The Bertz CT molecular complexity index is 670. The van der Waals surface area contributed by atoms with E-state index in [-0.39, 0.29) is 12.5 Å². The Kier molecular flexibility index (Phi) is 3.62. The van der Waals surface area contributed by atoms with Crippen molar-refractivity contribution in [1.29, 1.82) is 0 Å². The molecule has 0 saturated carbocycles. The Morgan fingerprint density at radius 3 is 2.33 bits per heavy atom. The molecule has 2 amide bonds. The zero-order valence-corrected chi connectivity index (χ0v) is 11.8. The number of hydrogen-bond acceptors (Lipinski definition) is 3. The van der Waals surface area contributed by atoms with Gasteiger partial charge < -0.3 is 4.74 Å². The monoisotopic (exact) mass is 301 g/mol. The van der Waals surface area contributed by atoms with Gasteiger partial charge in [0.05, 0.1) is 6.54 Å². The fourth-order valence-electron chi connectivity index (χ4n) is 2.20. The highest BCUT2D eigenvalue weighted by molar-refractivity contribution is 6.30. The zero-order chi connectivity index (χ0) is 14.8. The van der Waals surface area contributed by atoms with Crippen molar-refractivity contribution in [2.75, 3.05) is 0 Å². The number of rotatable bonds is 3. The van der Waals surface area contributed by atoms with Crippen LogP contribution >= 0.6 is 11.6 Å². The van der Waals surface area contributed by atoms with E-state index in [0.29, 0.717) is 10.6 Å². The minimum Gasteiger partial charge on any atom is -0.431 e. The Hall–Kier alpha value is -2.33. The summed E-state index contributed by atoms with van der Waals surface area (Å²) < 4.78 is 5.18. The van der Waals surface area contributed by atoms with Gasteiger partial charge in [-0.1, -0.05) is 54.1 Å². The Balaban J connectivity index is 1.79. The topological polar surface area (TPSA) is 46.6 Å². The van der Waals surface area contributed by atoms with Crippen LogP contribution in [0.1, 0.15) is 17.2 Å². The first-order valence-electron chi connectivity index (χ1n) is 6.46. The number of halogens is 1. The molecule has 21 heavy (non-hydrogen) atoms. The van der Waals surface area contributed by atoms with E-state index in [0.717, 1.165) is 10.5 Å². The molecule has 2 aromatic rings. The summed E-state index contributed by atoms with van der Waals surface area (Å²) in [4.78, 5) is 25.4. The van der Waals surface area contributed by atoms with Crippen LogP contribution in [0.25, 0.3) is 0 Å². The van der Waals surface area contributed by atoms with Crippen LogP contribution in [-0.4, -0.2) is 16.9 Å². The van der Waals surface area contributed by atoms with E-state index in [9.17, 15) is 9.59 Å². The molecule has 5 heteroatoms. The van der Waals surface area contributed by atoms with Crippen molar-refractivity contribution in [2.45, 2.75) is 12.6 Å². The van der Waals surface area contributed by atoms with Gasteiger partial charge in [0, 0.05) is 10.6 Å². The summed E-state index contributed by atoms with van der Waals surface area (Å²) in [6, 6.07) is 16.0. The van der Waals surface area contributed by atoms with E-state index in [2.05, 4.69) is 0 Å². The summed E-state index contributed by atoms with van der Waals surface area (Å²) in [6.45, 7) is 0.179. The van der Waals surface area contributed by atoms with Crippen LogP contribution in [0.3, 0.4) is 0 Å². The molecular weight excluding hydrogens is 290 g/mol. The summed E-state index contributed by atoms with van der Waals surface area (Å²) in [5, 5.41) is 0.608. The van der Waals surface area contributed by atoms with Crippen molar-refractivity contribution < 1.29 is 14.3 Å². The summed E-state index contributed by atoms with van der Waals surface area (Å²) in [7, 11) is 0. The normalized spacial score (nSPS) is 18.0. The lowest BCUT2D eigenvalue weighted by Crippen LogP contribution is -2.29. The fourth-order valence-corrected chi connectivity index (χ4v) is 2.33. The van der Waals surface area contributed by atoms with Gasteiger partial charge in [-0.25, -0.2) is 9.69 Å². The standard InChI is InChI=1S/C16H12ClNO3/c17-13-8-6-11(7-9-13)10-18-15(19)14(21-16(18)20)12-4-2-1-3-5-12/h1-9,14H,10H2/t14-/m0/s1. The van der Waals surface area contributed by atoms with E-state index >= 15 is 0 Å². The van der Waals surface area contributed by atoms with Crippen molar-refractivity contribution in [1.82, 2.24) is 4.90 Å². The molecule has 0 aromatic heterocycles. The van der Waals surface area contributed by atoms with E-state index < -0.39 is 12.2 Å². The lowest BCUT2D eigenvalue weighted by Gasteiger charge is -2.11. The predicted octanol–water partition coefficient (Wildman–Crippen LogP) is 3.56. The third-order valence-electron chi connectivity index (χ3n) is 3.29. The summed E-state index contributed by atoms with van der Waals surface area (Å²) in [6.07, 6.45) is -1.48. The molecule has 1 heterocycles. The first kappa shape index (κ1) is 13.6. The quantitative estimate of drug-likeness (QED) is 0.871. The van der Waals surface area contributed by atoms with Gasteiger partial charge in [0.25, 0.3) is 5.91 Å². The number of carbonyl (C=O) groups excluding carboxylic acids is 2. The van der Waals surface area contributed by atoms with Gasteiger partial charge in [0.15, 0.2) is 0 Å². The number of carbonyl (C=O) groups is 2. The second kappa shape index (κ2) is 5.58. The zero-order valence-electron chi connectivity index (χ0n) is 11.0. The van der Waals surface area contributed by atoms with Crippen molar-refractivity contribution in [2.24, 2.45) is 0 Å². The van der Waals surface area contributed by atoms with Gasteiger partial charge in [0.1, 0.15) is 0 Å². The number of amides is 2. The first-order valence-corrected chi connectivity index (χ1v) is 6.84. The van der Waals surface area contributed by atoms with Crippen LogP contribution < -0.4 is 0 Å². The van der Waals surface area contributed by atoms with Crippen LogP contribution in [0, 0.1) is 0 Å². The lowest BCUT2D eigenvalue weighted by atomic mass is 10.1. The smallest absolute Gasteiger partial charge is 0.418 e. The maximum Gasteiger partial charge on any atom is 0.418 e. The number of ether oxygens (including phenoxy) is 1. The van der Waals surface area contributed by atoms with Crippen molar-refractivity contribution in [3.63, 3.8) is 0 Å². The molecule has 0 unspecified atom stereocenters. The Morgan fingerprint density at radius 2 is 1.67 bits per heavy atom. The lowest BCUT2D eigenvalue weighted by molar-refractivity contribution is -0.130. The van der Waals surface area contributed by atoms with Crippen LogP contribution in [0.5, 0.6) is 0 Å². The van der Waals surface area contributed by atoms with Crippen molar-refractivity contribution >= 4 is 23.6 Å². The summed E-state index contributed by atoms with van der Waals surface area (Å²) >= 11 is 5.82. The van der Waals surface area contributed by atoms with E-state index in [4.69, 9.17) is 16.3 Å². The third kappa shape index (κ3) is 2.76. The van der Waals surface area contributed by atoms with E-state index in [1.165, 1.54) is 0 Å².